The minimum atomic E-state index is 0.187. The third-order valence-electron chi connectivity index (χ3n) is 4.87. The third-order valence-corrected chi connectivity index (χ3v) is 4.87. The molecule has 0 atom stereocenters. The van der Waals surface area contributed by atoms with Crippen molar-refractivity contribution in [2.45, 2.75) is 25.4 Å². The van der Waals surface area contributed by atoms with Crippen molar-refractivity contribution >= 4 is 11.6 Å². The van der Waals surface area contributed by atoms with E-state index in [2.05, 4.69) is 22.8 Å². The molecule has 3 N–H and O–H groups in total. The number of methoxy groups -OCH3 is 1. The van der Waals surface area contributed by atoms with E-state index in [9.17, 15) is 5.11 Å². The summed E-state index contributed by atoms with van der Waals surface area (Å²) in [7, 11) is 1.66. The van der Waals surface area contributed by atoms with Gasteiger partial charge in [0.25, 0.3) is 0 Å². The number of aliphatic imine (C=N–C) groups is 1. The fraction of sp³-hybridized carbons (Fsp3) is 0.208. The van der Waals surface area contributed by atoms with Gasteiger partial charge in [-0.15, -0.1) is 0 Å². The minimum absolute atomic E-state index is 0.187. The lowest BCUT2D eigenvalue weighted by Gasteiger charge is -2.15. The first-order valence-corrected chi connectivity index (χ1v) is 9.81. The molecule has 0 amide bonds. The SMILES string of the molecule is COc1ccccc1CN=C(Nc1cc(-c2ccccc2)ccc1O)NC1CC1. The maximum Gasteiger partial charge on any atom is 0.196 e. The van der Waals surface area contributed by atoms with Crippen molar-refractivity contribution in [1.29, 1.82) is 0 Å². The van der Waals surface area contributed by atoms with E-state index in [-0.39, 0.29) is 5.75 Å². The molecule has 0 spiro atoms. The third kappa shape index (κ3) is 4.88. The van der Waals surface area contributed by atoms with Crippen LogP contribution in [0.15, 0.2) is 77.8 Å². The summed E-state index contributed by atoms with van der Waals surface area (Å²) in [4.78, 5) is 4.72. The highest BCUT2D eigenvalue weighted by atomic mass is 16.5. The van der Waals surface area contributed by atoms with Gasteiger partial charge in [0.15, 0.2) is 5.96 Å². The maximum atomic E-state index is 10.4. The molecular formula is C24H25N3O2. The summed E-state index contributed by atoms with van der Waals surface area (Å²) in [6, 6.07) is 24.0. The molecule has 0 unspecified atom stereocenters. The first kappa shape index (κ1) is 18.9. The van der Waals surface area contributed by atoms with Gasteiger partial charge in [0.1, 0.15) is 11.5 Å². The zero-order valence-electron chi connectivity index (χ0n) is 16.4. The molecule has 0 aliphatic heterocycles. The average molecular weight is 387 g/mol. The van der Waals surface area contributed by atoms with E-state index in [4.69, 9.17) is 9.73 Å². The molecule has 3 aromatic rings. The average Bonchev–Trinajstić information content (AvgIpc) is 3.58. The standard InChI is InChI=1S/C24H25N3O2/c1-29-23-10-6-5-9-19(23)16-25-24(26-20-12-13-20)27-21-15-18(11-14-22(21)28)17-7-3-2-4-8-17/h2-11,14-15,20,28H,12-13,16H2,1H3,(H2,25,26,27). The first-order valence-electron chi connectivity index (χ1n) is 9.81. The maximum absolute atomic E-state index is 10.4. The molecule has 1 aliphatic rings. The summed E-state index contributed by atoms with van der Waals surface area (Å²) in [5, 5.41) is 17.1. The molecule has 0 aromatic heterocycles. The Balaban J connectivity index is 1.58. The van der Waals surface area contributed by atoms with Crippen LogP contribution in [0.2, 0.25) is 0 Å². The number of hydrogen-bond donors (Lipinski definition) is 3. The van der Waals surface area contributed by atoms with E-state index in [1.807, 2.05) is 54.6 Å². The number of guanidine groups is 1. The number of phenolic OH excluding ortho intramolecular Hbond substituents is 1. The number of rotatable bonds is 6. The second-order valence-electron chi connectivity index (χ2n) is 7.12. The lowest BCUT2D eigenvalue weighted by Crippen LogP contribution is -2.32. The Labute approximate surface area is 171 Å². The largest absolute Gasteiger partial charge is 0.506 e. The van der Waals surface area contributed by atoms with Crippen LogP contribution in [0, 0.1) is 0 Å². The molecule has 29 heavy (non-hydrogen) atoms. The summed E-state index contributed by atoms with van der Waals surface area (Å²) in [5.41, 5.74) is 3.76. The van der Waals surface area contributed by atoms with E-state index in [0.717, 1.165) is 35.3 Å². The fourth-order valence-electron chi connectivity index (χ4n) is 3.11. The highest BCUT2D eigenvalue weighted by Gasteiger charge is 2.23. The van der Waals surface area contributed by atoms with Crippen LogP contribution in [0.1, 0.15) is 18.4 Å². The van der Waals surface area contributed by atoms with Gasteiger partial charge in [-0.3, -0.25) is 0 Å². The van der Waals surface area contributed by atoms with Crippen LogP contribution in [0.3, 0.4) is 0 Å². The molecule has 1 saturated carbocycles. The van der Waals surface area contributed by atoms with Crippen LogP contribution in [-0.2, 0) is 6.54 Å². The van der Waals surface area contributed by atoms with Crippen LogP contribution in [0.4, 0.5) is 5.69 Å². The zero-order valence-corrected chi connectivity index (χ0v) is 16.4. The lowest BCUT2D eigenvalue weighted by molar-refractivity contribution is 0.410. The van der Waals surface area contributed by atoms with Gasteiger partial charge in [-0.1, -0.05) is 54.6 Å². The lowest BCUT2D eigenvalue weighted by atomic mass is 10.0. The predicted octanol–water partition coefficient (Wildman–Crippen LogP) is 4.79. The smallest absolute Gasteiger partial charge is 0.196 e. The number of hydrogen-bond acceptors (Lipinski definition) is 3. The molecule has 3 aromatic carbocycles. The van der Waals surface area contributed by atoms with Gasteiger partial charge in [0, 0.05) is 11.6 Å². The summed E-state index contributed by atoms with van der Waals surface area (Å²) < 4.78 is 5.42. The van der Waals surface area contributed by atoms with Crippen LogP contribution < -0.4 is 15.4 Å². The number of nitrogens with one attached hydrogen (secondary N) is 2. The summed E-state index contributed by atoms with van der Waals surface area (Å²) in [5.74, 6) is 1.65. The van der Waals surface area contributed by atoms with Gasteiger partial charge in [0.05, 0.1) is 19.3 Å². The first-order chi connectivity index (χ1) is 14.2. The summed E-state index contributed by atoms with van der Waals surface area (Å²) >= 11 is 0. The van der Waals surface area contributed by atoms with E-state index in [1.54, 1.807) is 13.2 Å². The van der Waals surface area contributed by atoms with Gasteiger partial charge >= 0.3 is 0 Å². The number of ether oxygens (including phenoxy) is 1. The van der Waals surface area contributed by atoms with Crippen molar-refractivity contribution < 1.29 is 9.84 Å². The van der Waals surface area contributed by atoms with Crippen LogP contribution in [-0.4, -0.2) is 24.2 Å². The molecule has 4 rings (SSSR count). The quantitative estimate of drug-likeness (QED) is 0.323. The van der Waals surface area contributed by atoms with Crippen molar-refractivity contribution in [1.82, 2.24) is 5.32 Å². The number of nitrogens with zero attached hydrogens (tertiary/aromatic N) is 1. The van der Waals surface area contributed by atoms with Crippen LogP contribution >= 0.6 is 0 Å². The molecule has 5 nitrogen and oxygen atoms in total. The number of para-hydroxylation sites is 1. The second-order valence-corrected chi connectivity index (χ2v) is 7.12. The van der Waals surface area contributed by atoms with Gasteiger partial charge in [-0.05, 0) is 42.2 Å². The fourth-order valence-corrected chi connectivity index (χ4v) is 3.11. The Hall–Kier alpha value is -3.47. The normalized spacial score (nSPS) is 13.8. The summed E-state index contributed by atoms with van der Waals surface area (Å²) in [6.07, 6.45) is 2.26. The zero-order chi connectivity index (χ0) is 20.1. The Morgan fingerprint density at radius 2 is 1.76 bits per heavy atom. The highest BCUT2D eigenvalue weighted by Crippen LogP contribution is 2.30. The topological polar surface area (TPSA) is 65.9 Å². The molecule has 0 bridgehead atoms. The Bertz CT molecular complexity index is 998. The minimum Gasteiger partial charge on any atom is -0.506 e. The van der Waals surface area contributed by atoms with Gasteiger partial charge in [-0.2, -0.15) is 0 Å². The number of benzene rings is 3. The van der Waals surface area contributed by atoms with E-state index in [0.29, 0.717) is 24.2 Å². The van der Waals surface area contributed by atoms with Gasteiger partial charge in [0.2, 0.25) is 0 Å². The van der Waals surface area contributed by atoms with Crippen LogP contribution in [0.5, 0.6) is 11.5 Å². The summed E-state index contributed by atoms with van der Waals surface area (Å²) in [6.45, 7) is 0.477. The molecule has 5 heteroatoms. The highest BCUT2D eigenvalue weighted by molar-refractivity contribution is 5.96. The molecular weight excluding hydrogens is 362 g/mol. The number of phenols is 1. The van der Waals surface area contributed by atoms with Crippen molar-refractivity contribution in [2.24, 2.45) is 4.99 Å². The van der Waals surface area contributed by atoms with Gasteiger partial charge < -0.3 is 20.5 Å². The number of aromatic hydroxyl groups is 1. The van der Waals surface area contributed by atoms with E-state index >= 15 is 0 Å². The van der Waals surface area contributed by atoms with E-state index < -0.39 is 0 Å². The van der Waals surface area contributed by atoms with Crippen molar-refractivity contribution in [2.75, 3.05) is 12.4 Å². The Morgan fingerprint density at radius 1 is 1.00 bits per heavy atom. The van der Waals surface area contributed by atoms with Crippen LogP contribution in [0.25, 0.3) is 11.1 Å². The predicted molar refractivity (Wildman–Crippen MR) is 117 cm³/mol. The molecule has 0 radical (unpaired) electrons. The Morgan fingerprint density at radius 3 is 2.52 bits per heavy atom. The van der Waals surface area contributed by atoms with Crippen molar-refractivity contribution in [3.63, 3.8) is 0 Å². The Kier molecular flexibility index (Phi) is 5.66. The molecule has 0 heterocycles. The van der Waals surface area contributed by atoms with Crippen molar-refractivity contribution in [3.05, 3.63) is 78.4 Å². The van der Waals surface area contributed by atoms with E-state index in [1.165, 1.54) is 0 Å². The molecule has 1 aliphatic carbocycles. The molecule has 148 valence electrons. The molecule has 0 saturated heterocycles. The second kappa shape index (κ2) is 8.69. The monoisotopic (exact) mass is 387 g/mol. The molecule has 1 fully saturated rings. The van der Waals surface area contributed by atoms with Gasteiger partial charge in [-0.25, -0.2) is 4.99 Å². The number of anilines is 1. The van der Waals surface area contributed by atoms with Crippen molar-refractivity contribution in [3.8, 4) is 22.6 Å².